The van der Waals surface area contributed by atoms with Crippen molar-refractivity contribution in [3.63, 3.8) is 0 Å². The molecule has 0 amide bonds. The van der Waals surface area contributed by atoms with Crippen LogP contribution >= 0.6 is 0 Å². The number of methoxy groups -OCH3 is 1. The number of esters is 1. The van der Waals surface area contributed by atoms with Crippen LogP contribution in [0, 0.1) is 0 Å². The van der Waals surface area contributed by atoms with E-state index in [4.69, 9.17) is 5.11 Å². The van der Waals surface area contributed by atoms with Crippen molar-refractivity contribution >= 4 is 12.0 Å². The van der Waals surface area contributed by atoms with Crippen LogP contribution in [0.3, 0.4) is 0 Å². The summed E-state index contributed by atoms with van der Waals surface area (Å²) in [5.74, 6) is -0.636. The van der Waals surface area contributed by atoms with Crippen molar-refractivity contribution in [1.82, 2.24) is 0 Å². The Bertz CT molecular complexity index is 410. The minimum atomic E-state index is -0.408. The topological polar surface area (TPSA) is 46.5 Å². The Morgan fingerprint density at radius 2 is 2.00 bits per heavy atom. The van der Waals surface area contributed by atoms with Gasteiger partial charge in [0, 0.05) is 6.61 Å². The van der Waals surface area contributed by atoms with E-state index < -0.39 is 5.97 Å². The summed E-state index contributed by atoms with van der Waals surface area (Å²) in [5.41, 5.74) is 1.14. The average Bonchev–Trinajstić information content (AvgIpc) is 2.39. The predicted octanol–water partition coefficient (Wildman–Crippen LogP) is 2.95. The number of rotatable bonds is 6. The molecule has 0 aromatic heterocycles. The molecule has 0 fully saturated rings. The van der Waals surface area contributed by atoms with Gasteiger partial charge in [-0.1, -0.05) is 12.1 Å². The molecule has 0 saturated heterocycles. The van der Waals surface area contributed by atoms with Crippen molar-refractivity contribution in [1.29, 1.82) is 0 Å². The first-order valence-corrected chi connectivity index (χ1v) is 5.82. The highest BCUT2D eigenvalue weighted by Crippen LogP contribution is 2.15. The minimum Gasteiger partial charge on any atom is -0.465 e. The van der Waals surface area contributed by atoms with Crippen molar-refractivity contribution in [2.75, 3.05) is 13.7 Å². The lowest BCUT2D eigenvalue weighted by Crippen LogP contribution is -2.00. The number of benzene rings is 1. The first kappa shape index (κ1) is 14.4. The molecule has 0 aliphatic rings. The second-order valence-corrected chi connectivity index (χ2v) is 3.89. The van der Waals surface area contributed by atoms with Crippen LogP contribution in [0.5, 0.6) is 0 Å². The van der Waals surface area contributed by atoms with Gasteiger partial charge in [-0.25, -0.2) is 9.18 Å². The van der Waals surface area contributed by atoms with Gasteiger partial charge in [0.2, 0.25) is 0 Å². The Kier molecular flexibility index (Phi) is 6.08. The smallest absolute Gasteiger partial charge is 0.337 e. The standard InChI is InChI=1S/C14H17FO3/c1-18-14(17)12-7-5-11(6-8-12)10-13(15)4-2-3-9-16/h5-8,10,16H,2-4,9H2,1H3/b13-10-. The molecular formula is C14H17FO3. The van der Waals surface area contributed by atoms with Crippen molar-refractivity contribution in [2.24, 2.45) is 0 Å². The van der Waals surface area contributed by atoms with Crippen molar-refractivity contribution in [2.45, 2.75) is 19.3 Å². The Balaban J connectivity index is 2.62. The third-order valence-electron chi connectivity index (χ3n) is 2.48. The van der Waals surface area contributed by atoms with Gasteiger partial charge in [-0.3, -0.25) is 0 Å². The fraction of sp³-hybridized carbons (Fsp3) is 0.357. The molecule has 1 aromatic carbocycles. The van der Waals surface area contributed by atoms with E-state index in [2.05, 4.69) is 4.74 Å². The van der Waals surface area contributed by atoms with Crippen LogP contribution in [0.2, 0.25) is 0 Å². The van der Waals surface area contributed by atoms with Crippen molar-refractivity contribution < 1.29 is 19.0 Å². The summed E-state index contributed by atoms with van der Waals surface area (Å²) < 4.78 is 18.0. The van der Waals surface area contributed by atoms with E-state index in [9.17, 15) is 9.18 Å². The van der Waals surface area contributed by atoms with Crippen LogP contribution in [0.4, 0.5) is 4.39 Å². The molecule has 18 heavy (non-hydrogen) atoms. The van der Waals surface area contributed by atoms with E-state index in [1.807, 2.05) is 0 Å². The second kappa shape index (κ2) is 7.61. The summed E-state index contributed by atoms with van der Waals surface area (Å²) >= 11 is 0. The summed E-state index contributed by atoms with van der Waals surface area (Å²) in [6.45, 7) is 0.0844. The molecule has 1 rings (SSSR count). The fourth-order valence-electron chi connectivity index (χ4n) is 1.49. The van der Waals surface area contributed by atoms with Gasteiger partial charge in [-0.2, -0.15) is 0 Å². The molecule has 0 atom stereocenters. The average molecular weight is 252 g/mol. The molecule has 98 valence electrons. The Labute approximate surface area is 106 Å². The SMILES string of the molecule is COC(=O)c1ccc(/C=C(\F)CCCCO)cc1. The number of unbranched alkanes of at least 4 members (excludes halogenated alkanes) is 1. The van der Waals surface area contributed by atoms with Crippen LogP contribution in [0.25, 0.3) is 6.08 Å². The van der Waals surface area contributed by atoms with E-state index in [1.165, 1.54) is 13.2 Å². The van der Waals surface area contributed by atoms with Crippen LogP contribution in [-0.4, -0.2) is 24.8 Å². The lowest BCUT2D eigenvalue weighted by Gasteiger charge is -2.00. The lowest BCUT2D eigenvalue weighted by atomic mass is 10.1. The van der Waals surface area contributed by atoms with E-state index in [1.54, 1.807) is 24.3 Å². The van der Waals surface area contributed by atoms with Gasteiger partial charge < -0.3 is 9.84 Å². The van der Waals surface area contributed by atoms with Crippen molar-refractivity contribution in [3.8, 4) is 0 Å². The number of ether oxygens (including phenoxy) is 1. The number of hydrogen-bond acceptors (Lipinski definition) is 3. The molecule has 0 aliphatic heterocycles. The molecule has 0 aliphatic carbocycles. The number of allylic oxidation sites excluding steroid dienone is 1. The molecule has 0 spiro atoms. The maximum Gasteiger partial charge on any atom is 0.337 e. The third-order valence-corrected chi connectivity index (χ3v) is 2.48. The lowest BCUT2D eigenvalue weighted by molar-refractivity contribution is 0.0600. The van der Waals surface area contributed by atoms with Gasteiger partial charge >= 0.3 is 5.97 Å². The highest BCUT2D eigenvalue weighted by Gasteiger charge is 2.04. The molecule has 1 N–H and O–H groups in total. The van der Waals surface area contributed by atoms with Crippen LogP contribution in [0.1, 0.15) is 35.2 Å². The number of aliphatic hydroxyl groups excluding tert-OH is 1. The highest BCUT2D eigenvalue weighted by molar-refractivity contribution is 5.89. The molecule has 1 aromatic rings. The largest absolute Gasteiger partial charge is 0.465 e. The highest BCUT2D eigenvalue weighted by atomic mass is 19.1. The van der Waals surface area contributed by atoms with E-state index in [0.29, 0.717) is 30.4 Å². The van der Waals surface area contributed by atoms with Gasteiger partial charge in [0.1, 0.15) is 5.83 Å². The summed E-state index contributed by atoms with van der Waals surface area (Å²) in [4.78, 5) is 11.2. The van der Waals surface area contributed by atoms with Crippen molar-refractivity contribution in [3.05, 3.63) is 41.2 Å². The van der Waals surface area contributed by atoms with E-state index in [-0.39, 0.29) is 12.4 Å². The molecule has 0 unspecified atom stereocenters. The van der Waals surface area contributed by atoms with Gasteiger partial charge in [-0.05, 0) is 43.0 Å². The predicted molar refractivity (Wildman–Crippen MR) is 67.8 cm³/mol. The Hall–Kier alpha value is -1.68. The number of halogens is 1. The normalized spacial score (nSPS) is 11.4. The van der Waals surface area contributed by atoms with Gasteiger partial charge in [0.25, 0.3) is 0 Å². The summed E-state index contributed by atoms with van der Waals surface area (Å²) in [5, 5.41) is 8.59. The summed E-state index contributed by atoms with van der Waals surface area (Å²) in [6.07, 6.45) is 2.97. The molecule has 0 bridgehead atoms. The molecule has 3 nitrogen and oxygen atoms in total. The summed E-state index contributed by atoms with van der Waals surface area (Å²) in [6, 6.07) is 6.52. The number of aliphatic hydroxyl groups is 1. The van der Waals surface area contributed by atoms with Crippen LogP contribution in [-0.2, 0) is 4.74 Å². The van der Waals surface area contributed by atoms with Gasteiger partial charge in [0.05, 0.1) is 12.7 Å². The fourth-order valence-corrected chi connectivity index (χ4v) is 1.49. The molecular weight excluding hydrogens is 235 g/mol. The summed E-state index contributed by atoms with van der Waals surface area (Å²) in [7, 11) is 1.32. The third kappa shape index (κ3) is 4.67. The number of carbonyl (C=O) groups excluding carboxylic acids is 1. The second-order valence-electron chi connectivity index (χ2n) is 3.89. The minimum absolute atomic E-state index is 0.0844. The molecule has 0 heterocycles. The zero-order chi connectivity index (χ0) is 13.4. The first-order valence-electron chi connectivity index (χ1n) is 5.82. The zero-order valence-corrected chi connectivity index (χ0v) is 10.4. The maximum atomic E-state index is 13.4. The molecule has 0 saturated carbocycles. The number of hydrogen-bond donors (Lipinski definition) is 1. The van der Waals surface area contributed by atoms with Gasteiger partial charge in [-0.15, -0.1) is 0 Å². The Morgan fingerprint density at radius 3 is 2.56 bits per heavy atom. The number of carbonyl (C=O) groups is 1. The molecule has 0 radical (unpaired) electrons. The molecule has 4 heteroatoms. The van der Waals surface area contributed by atoms with E-state index in [0.717, 1.165) is 0 Å². The quantitative estimate of drug-likeness (QED) is 0.625. The zero-order valence-electron chi connectivity index (χ0n) is 10.4. The maximum absolute atomic E-state index is 13.4. The van der Waals surface area contributed by atoms with E-state index >= 15 is 0 Å². The monoisotopic (exact) mass is 252 g/mol. The van der Waals surface area contributed by atoms with Crippen LogP contribution < -0.4 is 0 Å². The first-order chi connectivity index (χ1) is 8.67. The Morgan fingerprint density at radius 1 is 1.33 bits per heavy atom. The van der Waals surface area contributed by atoms with Crippen LogP contribution in [0.15, 0.2) is 30.1 Å². The van der Waals surface area contributed by atoms with Gasteiger partial charge in [0.15, 0.2) is 0 Å².